The predicted molar refractivity (Wildman–Crippen MR) is 106 cm³/mol. The number of nitrogens with zero attached hydrogens (tertiary/aromatic N) is 3. The van der Waals surface area contributed by atoms with Gasteiger partial charge < -0.3 is 19.9 Å². The summed E-state index contributed by atoms with van der Waals surface area (Å²) in [6.07, 6.45) is 5.17. The maximum atomic E-state index is 12.6. The minimum absolute atomic E-state index is 0.0182. The SMILES string of the molecule is COc1ccccc1C(=O)NC1CCC(C(=O)NCc2nnc3n2CCC3)CC1. The highest BCUT2D eigenvalue weighted by atomic mass is 16.5. The fraction of sp³-hybridized carbons (Fsp3) is 0.524. The molecule has 2 amide bonds. The van der Waals surface area contributed by atoms with Crippen LogP contribution < -0.4 is 15.4 Å². The highest BCUT2D eigenvalue weighted by Gasteiger charge is 2.28. The van der Waals surface area contributed by atoms with Gasteiger partial charge in [0.1, 0.15) is 11.6 Å². The third-order valence-corrected chi connectivity index (χ3v) is 5.89. The number of carbonyl (C=O) groups is 2. The van der Waals surface area contributed by atoms with E-state index in [4.69, 9.17) is 4.74 Å². The van der Waals surface area contributed by atoms with Crippen molar-refractivity contribution in [3.8, 4) is 5.75 Å². The molecular formula is C21H27N5O3. The zero-order chi connectivity index (χ0) is 20.2. The van der Waals surface area contributed by atoms with E-state index in [1.165, 1.54) is 0 Å². The van der Waals surface area contributed by atoms with Crippen molar-refractivity contribution in [1.82, 2.24) is 25.4 Å². The van der Waals surface area contributed by atoms with Gasteiger partial charge in [-0.25, -0.2) is 0 Å². The Morgan fingerprint density at radius 1 is 1.17 bits per heavy atom. The number of hydrogen-bond acceptors (Lipinski definition) is 5. The molecule has 2 heterocycles. The zero-order valence-electron chi connectivity index (χ0n) is 16.7. The van der Waals surface area contributed by atoms with Gasteiger partial charge in [-0.3, -0.25) is 9.59 Å². The summed E-state index contributed by atoms with van der Waals surface area (Å²) in [5.41, 5.74) is 0.538. The smallest absolute Gasteiger partial charge is 0.255 e. The van der Waals surface area contributed by atoms with Gasteiger partial charge in [-0.15, -0.1) is 10.2 Å². The largest absolute Gasteiger partial charge is 0.496 e. The number of benzene rings is 1. The van der Waals surface area contributed by atoms with E-state index in [0.717, 1.165) is 56.7 Å². The van der Waals surface area contributed by atoms with Gasteiger partial charge in [0.25, 0.3) is 5.91 Å². The molecule has 8 heteroatoms. The Morgan fingerprint density at radius 3 is 2.76 bits per heavy atom. The number of methoxy groups -OCH3 is 1. The van der Waals surface area contributed by atoms with Crippen molar-refractivity contribution < 1.29 is 14.3 Å². The molecule has 1 fully saturated rings. The monoisotopic (exact) mass is 397 g/mol. The van der Waals surface area contributed by atoms with E-state index in [9.17, 15) is 9.59 Å². The topological polar surface area (TPSA) is 98.1 Å². The number of para-hydroxylation sites is 1. The molecule has 2 aliphatic rings. The summed E-state index contributed by atoms with van der Waals surface area (Å²) in [5, 5.41) is 14.5. The first-order valence-corrected chi connectivity index (χ1v) is 10.3. The lowest BCUT2D eigenvalue weighted by atomic mass is 9.85. The second kappa shape index (κ2) is 8.63. The molecule has 1 aliphatic carbocycles. The Hall–Kier alpha value is -2.90. The zero-order valence-corrected chi connectivity index (χ0v) is 16.7. The van der Waals surface area contributed by atoms with E-state index in [-0.39, 0.29) is 23.8 Å². The molecule has 2 aromatic rings. The fourth-order valence-electron chi connectivity index (χ4n) is 4.25. The van der Waals surface area contributed by atoms with Gasteiger partial charge in [-0.05, 0) is 44.2 Å². The molecule has 0 spiro atoms. The van der Waals surface area contributed by atoms with Crippen molar-refractivity contribution in [3.63, 3.8) is 0 Å². The van der Waals surface area contributed by atoms with Crippen LogP contribution in [0.25, 0.3) is 0 Å². The number of carbonyl (C=O) groups excluding carboxylic acids is 2. The second-order valence-corrected chi connectivity index (χ2v) is 7.73. The number of fused-ring (bicyclic) bond motifs is 1. The molecule has 1 aromatic carbocycles. The molecule has 1 aromatic heterocycles. The summed E-state index contributed by atoms with van der Waals surface area (Å²) < 4.78 is 7.37. The Bertz CT molecular complexity index is 886. The average molecular weight is 397 g/mol. The number of ether oxygens (including phenoxy) is 1. The third-order valence-electron chi connectivity index (χ3n) is 5.89. The average Bonchev–Trinajstić information content (AvgIpc) is 3.37. The number of amides is 2. The summed E-state index contributed by atoms with van der Waals surface area (Å²) >= 11 is 0. The number of aryl methyl sites for hydroxylation is 1. The maximum absolute atomic E-state index is 12.6. The molecule has 2 N–H and O–H groups in total. The van der Waals surface area contributed by atoms with Crippen molar-refractivity contribution in [1.29, 1.82) is 0 Å². The van der Waals surface area contributed by atoms with Crippen LogP contribution in [-0.2, 0) is 24.3 Å². The van der Waals surface area contributed by atoms with Gasteiger partial charge in [-0.1, -0.05) is 12.1 Å². The molecule has 8 nitrogen and oxygen atoms in total. The Kier molecular flexibility index (Phi) is 5.78. The van der Waals surface area contributed by atoms with E-state index in [0.29, 0.717) is 17.9 Å². The van der Waals surface area contributed by atoms with Crippen molar-refractivity contribution in [2.75, 3.05) is 7.11 Å². The molecule has 29 heavy (non-hydrogen) atoms. The quantitative estimate of drug-likeness (QED) is 0.775. The molecular weight excluding hydrogens is 370 g/mol. The number of nitrogens with one attached hydrogen (secondary N) is 2. The van der Waals surface area contributed by atoms with E-state index < -0.39 is 0 Å². The van der Waals surface area contributed by atoms with Crippen molar-refractivity contribution >= 4 is 11.8 Å². The number of aromatic nitrogens is 3. The van der Waals surface area contributed by atoms with Crippen LogP contribution in [-0.4, -0.2) is 39.7 Å². The van der Waals surface area contributed by atoms with Crippen molar-refractivity contribution in [2.45, 2.75) is 57.7 Å². The summed E-state index contributed by atoms with van der Waals surface area (Å²) in [7, 11) is 1.56. The molecule has 0 bridgehead atoms. The van der Waals surface area contributed by atoms with Crippen LogP contribution in [0.1, 0.15) is 54.1 Å². The van der Waals surface area contributed by atoms with E-state index in [1.807, 2.05) is 12.1 Å². The summed E-state index contributed by atoms with van der Waals surface area (Å²) in [4.78, 5) is 25.1. The van der Waals surface area contributed by atoms with Crippen LogP contribution >= 0.6 is 0 Å². The first kappa shape index (κ1) is 19.4. The third kappa shape index (κ3) is 4.26. The van der Waals surface area contributed by atoms with Gasteiger partial charge >= 0.3 is 0 Å². The van der Waals surface area contributed by atoms with Crippen LogP contribution in [0.5, 0.6) is 5.75 Å². The Morgan fingerprint density at radius 2 is 1.97 bits per heavy atom. The van der Waals surface area contributed by atoms with E-state index in [2.05, 4.69) is 25.4 Å². The number of hydrogen-bond donors (Lipinski definition) is 2. The molecule has 0 saturated heterocycles. The van der Waals surface area contributed by atoms with E-state index in [1.54, 1.807) is 19.2 Å². The molecule has 0 unspecified atom stereocenters. The Balaban J connectivity index is 1.24. The lowest BCUT2D eigenvalue weighted by molar-refractivity contribution is -0.126. The van der Waals surface area contributed by atoms with Gasteiger partial charge in [0.15, 0.2) is 5.82 Å². The lowest BCUT2D eigenvalue weighted by Gasteiger charge is -2.28. The standard InChI is InChI=1S/C21H27N5O3/c1-29-17-6-3-2-5-16(17)21(28)23-15-10-8-14(9-11-15)20(27)22-13-19-25-24-18-7-4-12-26(18)19/h2-3,5-6,14-15H,4,7-13H2,1H3,(H,22,27)(H,23,28). The summed E-state index contributed by atoms with van der Waals surface area (Å²) in [6, 6.07) is 7.28. The maximum Gasteiger partial charge on any atom is 0.255 e. The van der Waals surface area contributed by atoms with Crippen molar-refractivity contribution in [2.24, 2.45) is 5.92 Å². The van der Waals surface area contributed by atoms with Gasteiger partial charge in [-0.2, -0.15) is 0 Å². The molecule has 4 rings (SSSR count). The predicted octanol–water partition coefficient (Wildman–Crippen LogP) is 1.84. The minimum atomic E-state index is -0.129. The normalized spacial score (nSPS) is 20.7. The van der Waals surface area contributed by atoms with Gasteiger partial charge in [0.2, 0.25) is 5.91 Å². The van der Waals surface area contributed by atoms with Crippen LogP contribution in [0.2, 0.25) is 0 Å². The van der Waals surface area contributed by atoms with Crippen LogP contribution in [0, 0.1) is 5.92 Å². The van der Waals surface area contributed by atoms with E-state index >= 15 is 0 Å². The first-order chi connectivity index (χ1) is 14.2. The minimum Gasteiger partial charge on any atom is -0.496 e. The van der Waals surface area contributed by atoms with Crippen LogP contribution in [0.15, 0.2) is 24.3 Å². The molecule has 1 aliphatic heterocycles. The lowest BCUT2D eigenvalue weighted by Crippen LogP contribution is -2.41. The Labute approximate surface area is 170 Å². The summed E-state index contributed by atoms with van der Waals surface area (Å²) in [6.45, 7) is 1.36. The van der Waals surface area contributed by atoms with Crippen LogP contribution in [0.3, 0.4) is 0 Å². The van der Waals surface area contributed by atoms with Gasteiger partial charge in [0.05, 0.1) is 19.2 Å². The van der Waals surface area contributed by atoms with Crippen molar-refractivity contribution in [3.05, 3.63) is 41.5 Å². The summed E-state index contributed by atoms with van der Waals surface area (Å²) in [5.74, 6) is 2.34. The molecule has 154 valence electrons. The van der Waals surface area contributed by atoms with Crippen LogP contribution in [0.4, 0.5) is 0 Å². The first-order valence-electron chi connectivity index (χ1n) is 10.3. The molecule has 0 atom stereocenters. The van der Waals surface area contributed by atoms with Gasteiger partial charge in [0, 0.05) is 24.9 Å². The highest BCUT2D eigenvalue weighted by Crippen LogP contribution is 2.26. The number of rotatable bonds is 6. The molecule has 0 radical (unpaired) electrons. The molecule has 1 saturated carbocycles. The second-order valence-electron chi connectivity index (χ2n) is 7.73. The highest BCUT2D eigenvalue weighted by molar-refractivity contribution is 5.97. The fourth-order valence-corrected chi connectivity index (χ4v) is 4.25.